The van der Waals surface area contributed by atoms with Gasteiger partial charge in [-0.2, -0.15) is 0 Å². The van der Waals surface area contributed by atoms with Crippen molar-refractivity contribution in [1.29, 1.82) is 0 Å². The summed E-state index contributed by atoms with van der Waals surface area (Å²) in [4.78, 5) is 16.7. The molecule has 1 unspecified atom stereocenters. The highest BCUT2D eigenvalue weighted by Gasteiger charge is 2.47. The monoisotopic (exact) mass is 399 g/mol. The number of nitrogens with one attached hydrogen (secondary N) is 3. The lowest BCUT2D eigenvalue weighted by molar-refractivity contribution is -0.0206. The summed E-state index contributed by atoms with van der Waals surface area (Å²) in [5.41, 5.74) is 0. The van der Waals surface area contributed by atoms with Crippen LogP contribution in [0.2, 0.25) is 0 Å². The average Bonchev–Trinajstić information content (AvgIpc) is 3.02. The van der Waals surface area contributed by atoms with Gasteiger partial charge in [0.05, 0.1) is 24.9 Å². The van der Waals surface area contributed by atoms with Gasteiger partial charge in [-0.15, -0.1) is 0 Å². The van der Waals surface area contributed by atoms with Crippen LogP contribution in [0.4, 0.5) is 4.79 Å². The fourth-order valence-electron chi connectivity index (χ4n) is 4.60. The molecule has 5 atom stereocenters. The van der Waals surface area contributed by atoms with E-state index in [4.69, 9.17) is 4.74 Å². The number of carbonyl (C=O) groups is 1. The fourth-order valence-corrected chi connectivity index (χ4v) is 4.60. The number of piperazine rings is 1. The molecule has 162 valence electrons. The first kappa shape index (κ1) is 21.7. The molecular formula is C19H37N5O4. The molecule has 0 aromatic carbocycles. The fraction of sp³-hybridized carbons (Fsp3) is 0.947. The minimum Gasteiger partial charge on any atom is -0.394 e. The van der Waals surface area contributed by atoms with E-state index in [2.05, 4.69) is 25.8 Å². The van der Waals surface area contributed by atoms with Crippen molar-refractivity contribution in [2.24, 2.45) is 0 Å². The zero-order valence-electron chi connectivity index (χ0n) is 17.1. The Balaban J connectivity index is 1.55. The molecule has 3 heterocycles. The molecule has 0 aliphatic carbocycles. The molecule has 0 spiro atoms. The van der Waals surface area contributed by atoms with Crippen molar-refractivity contribution in [3.63, 3.8) is 0 Å². The molecule has 5 N–H and O–H groups in total. The van der Waals surface area contributed by atoms with Gasteiger partial charge in [0.2, 0.25) is 0 Å². The number of ether oxygens (including phenoxy) is 1. The number of carbonyl (C=O) groups excluding carboxylic acids is 1. The molecule has 0 radical (unpaired) electrons. The number of urea groups is 1. The molecule has 0 bridgehead atoms. The maximum Gasteiger partial charge on any atom is 0.315 e. The van der Waals surface area contributed by atoms with Crippen molar-refractivity contribution in [1.82, 2.24) is 25.8 Å². The summed E-state index contributed by atoms with van der Waals surface area (Å²) in [6.07, 6.45) is 2.47. The van der Waals surface area contributed by atoms with Gasteiger partial charge >= 0.3 is 6.03 Å². The minimum atomic E-state index is -0.760. The first-order chi connectivity index (χ1) is 13.5. The topological polar surface area (TPSA) is 109 Å². The lowest BCUT2D eigenvalue weighted by Gasteiger charge is -2.44. The van der Waals surface area contributed by atoms with Crippen LogP contribution in [0.1, 0.15) is 33.1 Å². The molecule has 9 nitrogen and oxygen atoms in total. The van der Waals surface area contributed by atoms with Crippen LogP contribution in [0.5, 0.6) is 0 Å². The van der Waals surface area contributed by atoms with Crippen LogP contribution in [-0.2, 0) is 4.74 Å². The maximum atomic E-state index is 11.9. The minimum absolute atomic E-state index is 0.0533. The Hall–Kier alpha value is -0.970. The Bertz CT molecular complexity index is 495. The predicted octanol–water partition coefficient (Wildman–Crippen LogP) is -1.10. The molecule has 0 aromatic heterocycles. The summed E-state index contributed by atoms with van der Waals surface area (Å²) in [6.45, 7) is 8.55. The van der Waals surface area contributed by atoms with Gasteiger partial charge in [0.1, 0.15) is 12.2 Å². The summed E-state index contributed by atoms with van der Waals surface area (Å²) < 4.78 is 5.88. The van der Waals surface area contributed by atoms with Gasteiger partial charge in [-0.25, -0.2) is 4.79 Å². The van der Waals surface area contributed by atoms with E-state index in [1.54, 1.807) is 0 Å². The van der Waals surface area contributed by atoms with E-state index in [1.807, 2.05) is 13.8 Å². The SMILES string of the molecule is CC(C)NC(=O)NC[C@@H]1O[C@@H](CO)[C@@H](O)[C@H]1N1CCN(C2CCCCN2)CC1. The molecule has 3 aliphatic rings. The molecular weight excluding hydrogens is 362 g/mol. The van der Waals surface area contributed by atoms with Gasteiger partial charge in [0.15, 0.2) is 0 Å². The van der Waals surface area contributed by atoms with E-state index in [0.29, 0.717) is 12.7 Å². The standard InChI is InChI=1S/C19H37N5O4/c1-13(2)22-19(27)21-11-14-17(18(26)15(12-25)28-14)24-9-7-23(8-10-24)16-5-3-4-6-20-16/h13-18,20,25-26H,3-12H2,1-2H3,(H2,21,22,27)/t14-,15-,16?,17-,18+/m0/s1. The van der Waals surface area contributed by atoms with Crippen molar-refractivity contribution in [3.05, 3.63) is 0 Å². The first-order valence-electron chi connectivity index (χ1n) is 10.7. The molecule has 2 amide bonds. The van der Waals surface area contributed by atoms with E-state index in [1.165, 1.54) is 19.3 Å². The predicted molar refractivity (Wildman–Crippen MR) is 106 cm³/mol. The molecule has 28 heavy (non-hydrogen) atoms. The van der Waals surface area contributed by atoms with Crippen LogP contribution in [-0.4, -0.2) is 108 Å². The van der Waals surface area contributed by atoms with Gasteiger partial charge in [-0.05, 0) is 39.7 Å². The Morgan fingerprint density at radius 3 is 2.50 bits per heavy atom. The molecule has 0 saturated carbocycles. The molecule has 3 saturated heterocycles. The second kappa shape index (κ2) is 10.2. The number of nitrogens with zero attached hydrogens (tertiary/aromatic N) is 2. The number of amides is 2. The summed E-state index contributed by atoms with van der Waals surface area (Å²) in [5, 5.41) is 29.5. The van der Waals surface area contributed by atoms with Crippen LogP contribution in [0, 0.1) is 0 Å². The lowest BCUT2D eigenvalue weighted by atomic mass is 10.0. The zero-order valence-corrected chi connectivity index (χ0v) is 17.1. The zero-order chi connectivity index (χ0) is 20.1. The summed E-state index contributed by atoms with van der Waals surface area (Å²) in [7, 11) is 0. The normalized spacial score (nSPS) is 35.2. The first-order valence-corrected chi connectivity index (χ1v) is 10.7. The van der Waals surface area contributed by atoms with Gasteiger partial charge in [-0.1, -0.05) is 0 Å². The molecule has 0 aromatic rings. The second-order valence-electron chi connectivity index (χ2n) is 8.42. The van der Waals surface area contributed by atoms with Crippen molar-refractivity contribution >= 4 is 6.03 Å². The lowest BCUT2D eigenvalue weighted by Crippen LogP contribution is -2.61. The molecule has 3 fully saturated rings. The molecule has 3 rings (SSSR count). The average molecular weight is 400 g/mol. The third-order valence-corrected chi connectivity index (χ3v) is 6.02. The van der Waals surface area contributed by atoms with Crippen molar-refractivity contribution in [2.45, 2.75) is 69.7 Å². The van der Waals surface area contributed by atoms with Crippen LogP contribution < -0.4 is 16.0 Å². The highest BCUT2D eigenvalue weighted by Crippen LogP contribution is 2.27. The number of aliphatic hydroxyl groups is 2. The van der Waals surface area contributed by atoms with Crippen molar-refractivity contribution in [3.8, 4) is 0 Å². The Morgan fingerprint density at radius 1 is 1.18 bits per heavy atom. The summed E-state index contributed by atoms with van der Waals surface area (Å²) >= 11 is 0. The second-order valence-corrected chi connectivity index (χ2v) is 8.42. The maximum absolute atomic E-state index is 11.9. The van der Waals surface area contributed by atoms with E-state index in [-0.39, 0.29) is 30.8 Å². The summed E-state index contributed by atoms with van der Waals surface area (Å²) in [5.74, 6) is 0. The van der Waals surface area contributed by atoms with Crippen LogP contribution in [0.25, 0.3) is 0 Å². The summed E-state index contributed by atoms with van der Waals surface area (Å²) in [6, 6.07) is -0.414. The third kappa shape index (κ3) is 5.34. The van der Waals surface area contributed by atoms with Gasteiger partial charge in [0.25, 0.3) is 0 Å². The van der Waals surface area contributed by atoms with Crippen molar-refractivity contribution < 1.29 is 19.7 Å². The Labute approximate surface area is 167 Å². The van der Waals surface area contributed by atoms with Crippen molar-refractivity contribution in [2.75, 3.05) is 45.9 Å². The van der Waals surface area contributed by atoms with Crippen LogP contribution >= 0.6 is 0 Å². The van der Waals surface area contributed by atoms with E-state index < -0.39 is 12.2 Å². The van der Waals surface area contributed by atoms with E-state index in [0.717, 1.165) is 32.7 Å². The van der Waals surface area contributed by atoms with Gasteiger partial charge in [0, 0.05) is 38.8 Å². The van der Waals surface area contributed by atoms with Gasteiger partial charge < -0.3 is 30.9 Å². The number of piperidine rings is 1. The molecule has 3 aliphatic heterocycles. The Kier molecular flexibility index (Phi) is 7.90. The highest BCUT2D eigenvalue weighted by atomic mass is 16.5. The number of hydrogen-bond acceptors (Lipinski definition) is 7. The largest absolute Gasteiger partial charge is 0.394 e. The number of aliphatic hydroxyl groups excluding tert-OH is 2. The smallest absolute Gasteiger partial charge is 0.315 e. The van der Waals surface area contributed by atoms with E-state index in [9.17, 15) is 15.0 Å². The third-order valence-electron chi connectivity index (χ3n) is 6.02. The number of rotatable bonds is 6. The Morgan fingerprint density at radius 2 is 1.89 bits per heavy atom. The number of hydrogen-bond donors (Lipinski definition) is 5. The van der Waals surface area contributed by atoms with Crippen LogP contribution in [0.15, 0.2) is 0 Å². The van der Waals surface area contributed by atoms with Crippen LogP contribution in [0.3, 0.4) is 0 Å². The molecule has 9 heteroatoms. The van der Waals surface area contributed by atoms with Gasteiger partial charge in [-0.3, -0.25) is 9.80 Å². The van der Waals surface area contributed by atoms with E-state index >= 15 is 0 Å². The highest BCUT2D eigenvalue weighted by molar-refractivity contribution is 5.74. The quantitative estimate of drug-likeness (QED) is 0.386.